The van der Waals surface area contributed by atoms with Crippen molar-refractivity contribution in [3.8, 4) is 0 Å². The van der Waals surface area contributed by atoms with Crippen molar-refractivity contribution >= 4 is 27.5 Å². The predicted molar refractivity (Wildman–Crippen MR) is 116 cm³/mol. The molecular formula is C21H25ClFN3O4S. The third-order valence-corrected chi connectivity index (χ3v) is 7.19. The number of sulfonamides is 1. The molecule has 1 atom stereocenters. The summed E-state index contributed by atoms with van der Waals surface area (Å²) in [4.78, 5) is 14.7. The number of ether oxygens (including phenoxy) is 1. The molecule has 1 fully saturated rings. The Morgan fingerprint density at radius 1 is 1.16 bits per heavy atom. The van der Waals surface area contributed by atoms with E-state index in [1.54, 1.807) is 12.1 Å². The van der Waals surface area contributed by atoms with Crippen LogP contribution in [0.15, 0.2) is 53.4 Å². The lowest BCUT2D eigenvalue weighted by molar-refractivity contribution is -0.121. The molecule has 2 aromatic carbocycles. The number of hydrogen-bond donors (Lipinski definition) is 1. The van der Waals surface area contributed by atoms with Gasteiger partial charge in [0, 0.05) is 31.7 Å². The molecule has 0 aromatic heterocycles. The van der Waals surface area contributed by atoms with E-state index in [0.717, 1.165) is 9.87 Å². The van der Waals surface area contributed by atoms with Gasteiger partial charge in [0.2, 0.25) is 15.9 Å². The maximum atomic E-state index is 13.4. The summed E-state index contributed by atoms with van der Waals surface area (Å²) in [6.45, 7) is 2.45. The van der Waals surface area contributed by atoms with Gasteiger partial charge in [-0.1, -0.05) is 23.7 Å². The number of carbonyl (C=O) groups excluding carboxylic acids is 1. The monoisotopic (exact) mass is 469 g/mol. The van der Waals surface area contributed by atoms with Crippen molar-refractivity contribution in [3.05, 3.63) is 64.9 Å². The van der Waals surface area contributed by atoms with Gasteiger partial charge in [-0.05, 0) is 42.0 Å². The Balaban J connectivity index is 1.64. The lowest BCUT2D eigenvalue weighted by Gasteiger charge is -2.35. The Morgan fingerprint density at radius 2 is 1.77 bits per heavy atom. The minimum atomic E-state index is -3.82. The molecule has 1 heterocycles. The zero-order chi connectivity index (χ0) is 22.4. The predicted octanol–water partition coefficient (Wildman–Crippen LogP) is 2.29. The van der Waals surface area contributed by atoms with Crippen LogP contribution in [0.4, 0.5) is 4.39 Å². The molecule has 1 aliphatic rings. The highest BCUT2D eigenvalue weighted by Crippen LogP contribution is 2.22. The van der Waals surface area contributed by atoms with Gasteiger partial charge in [-0.2, -0.15) is 4.31 Å². The summed E-state index contributed by atoms with van der Waals surface area (Å²) in [5.41, 5.74) is 0.866. The average Bonchev–Trinajstić information content (AvgIpc) is 2.76. The molecule has 7 nitrogen and oxygen atoms in total. The number of carbonyl (C=O) groups is 1. The lowest BCUT2D eigenvalue weighted by atomic mass is 10.0. The second kappa shape index (κ2) is 10.5. The van der Waals surface area contributed by atoms with Crippen LogP contribution in [0.5, 0.6) is 0 Å². The van der Waals surface area contributed by atoms with Crippen molar-refractivity contribution in [2.75, 3.05) is 46.4 Å². The molecule has 0 unspecified atom stereocenters. The molecule has 0 aliphatic carbocycles. The number of halogens is 2. The van der Waals surface area contributed by atoms with E-state index in [0.29, 0.717) is 31.3 Å². The van der Waals surface area contributed by atoms with Crippen molar-refractivity contribution in [1.82, 2.24) is 14.5 Å². The van der Waals surface area contributed by atoms with Gasteiger partial charge in [-0.3, -0.25) is 9.69 Å². The van der Waals surface area contributed by atoms with E-state index in [1.165, 1.54) is 43.4 Å². The van der Waals surface area contributed by atoms with Crippen LogP contribution in [0.25, 0.3) is 0 Å². The van der Waals surface area contributed by atoms with E-state index >= 15 is 0 Å². The first kappa shape index (κ1) is 23.6. The molecule has 1 N–H and O–H groups in total. The van der Waals surface area contributed by atoms with Gasteiger partial charge in [0.25, 0.3) is 0 Å². The second-order valence-electron chi connectivity index (χ2n) is 7.23. The minimum Gasteiger partial charge on any atom is -0.379 e. The SMILES string of the molecule is CN(CC(=O)NC[C@@H](c1ccc(F)cc1)N1CCOCC1)S(=O)(=O)c1ccc(Cl)cc1. The number of morpholine rings is 1. The van der Waals surface area contributed by atoms with Gasteiger partial charge in [0.1, 0.15) is 5.82 Å². The Morgan fingerprint density at radius 3 is 2.39 bits per heavy atom. The van der Waals surface area contributed by atoms with E-state index in [-0.39, 0.29) is 29.8 Å². The third kappa shape index (κ3) is 6.24. The Labute approximate surface area is 186 Å². The van der Waals surface area contributed by atoms with Gasteiger partial charge < -0.3 is 10.1 Å². The lowest BCUT2D eigenvalue weighted by Crippen LogP contribution is -2.45. The van der Waals surface area contributed by atoms with Crippen molar-refractivity contribution in [1.29, 1.82) is 0 Å². The fourth-order valence-electron chi connectivity index (χ4n) is 3.37. The highest BCUT2D eigenvalue weighted by Gasteiger charge is 2.26. The van der Waals surface area contributed by atoms with Gasteiger partial charge in [-0.25, -0.2) is 12.8 Å². The van der Waals surface area contributed by atoms with Crippen LogP contribution < -0.4 is 5.32 Å². The van der Waals surface area contributed by atoms with E-state index in [1.807, 2.05) is 0 Å². The Hall–Kier alpha value is -2.04. The number of nitrogens with zero attached hydrogens (tertiary/aromatic N) is 2. The molecule has 1 saturated heterocycles. The average molecular weight is 470 g/mol. The van der Waals surface area contributed by atoms with Crippen LogP contribution in [-0.4, -0.2) is 70.0 Å². The highest BCUT2D eigenvalue weighted by atomic mass is 35.5. The molecule has 0 radical (unpaired) electrons. The van der Waals surface area contributed by atoms with Gasteiger partial charge in [0.05, 0.1) is 30.7 Å². The maximum Gasteiger partial charge on any atom is 0.243 e. The summed E-state index contributed by atoms with van der Waals surface area (Å²) in [6.07, 6.45) is 0. The van der Waals surface area contributed by atoms with Gasteiger partial charge in [0.15, 0.2) is 0 Å². The molecule has 10 heteroatoms. The van der Waals surface area contributed by atoms with Crippen LogP contribution in [0, 0.1) is 5.82 Å². The molecule has 1 amide bonds. The number of likely N-dealkylation sites (N-methyl/N-ethyl adjacent to an activating group) is 1. The fourth-order valence-corrected chi connectivity index (χ4v) is 4.63. The van der Waals surface area contributed by atoms with Crippen molar-refractivity contribution in [2.45, 2.75) is 10.9 Å². The first-order valence-electron chi connectivity index (χ1n) is 9.83. The number of hydrogen-bond acceptors (Lipinski definition) is 5. The third-order valence-electron chi connectivity index (χ3n) is 5.12. The zero-order valence-electron chi connectivity index (χ0n) is 17.1. The quantitative estimate of drug-likeness (QED) is 0.641. The number of amides is 1. The van der Waals surface area contributed by atoms with Gasteiger partial charge in [-0.15, -0.1) is 0 Å². The molecule has 2 aromatic rings. The molecule has 31 heavy (non-hydrogen) atoms. The summed E-state index contributed by atoms with van der Waals surface area (Å²) in [6, 6.07) is 11.7. The summed E-state index contributed by atoms with van der Waals surface area (Å²) in [5, 5.41) is 3.24. The molecule has 0 saturated carbocycles. The summed E-state index contributed by atoms with van der Waals surface area (Å²) in [5.74, 6) is -0.761. The molecule has 0 bridgehead atoms. The topological polar surface area (TPSA) is 79.0 Å². The highest BCUT2D eigenvalue weighted by molar-refractivity contribution is 7.89. The second-order valence-corrected chi connectivity index (χ2v) is 9.72. The van der Waals surface area contributed by atoms with Gasteiger partial charge >= 0.3 is 0 Å². The van der Waals surface area contributed by atoms with E-state index in [4.69, 9.17) is 16.3 Å². The standard InChI is InChI=1S/C21H25ClFN3O4S/c1-25(31(28,29)19-8-4-17(22)5-9-19)15-21(27)24-14-20(26-10-12-30-13-11-26)16-2-6-18(23)7-3-16/h2-9,20H,10-15H2,1H3,(H,24,27)/t20-/m0/s1. The van der Waals surface area contributed by atoms with Crippen molar-refractivity contribution in [2.24, 2.45) is 0 Å². The van der Waals surface area contributed by atoms with Crippen LogP contribution in [0.1, 0.15) is 11.6 Å². The number of rotatable bonds is 8. The van der Waals surface area contributed by atoms with Crippen molar-refractivity contribution in [3.63, 3.8) is 0 Å². The first-order chi connectivity index (χ1) is 14.8. The summed E-state index contributed by atoms with van der Waals surface area (Å²) < 4.78 is 45.1. The Kier molecular flexibility index (Phi) is 8.01. The molecule has 1 aliphatic heterocycles. The molecule has 0 spiro atoms. The smallest absolute Gasteiger partial charge is 0.243 e. The fraction of sp³-hybridized carbons (Fsp3) is 0.381. The van der Waals surface area contributed by atoms with E-state index in [2.05, 4.69) is 10.2 Å². The number of benzene rings is 2. The maximum absolute atomic E-state index is 13.4. The minimum absolute atomic E-state index is 0.0599. The van der Waals surface area contributed by atoms with E-state index < -0.39 is 15.9 Å². The van der Waals surface area contributed by atoms with Crippen molar-refractivity contribution < 1.29 is 22.3 Å². The molecule has 3 rings (SSSR count). The van der Waals surface area contributed by atoms with Crippen LogP contribution in [-0.2, 0) is 19.6 Å². The zero-order valence-corrected chi connectivity index (χ0v) is 18.7. The Bertz CT molecular complexity index is 981. The summed E-state index contributed by atoms with van der Waals surface area (Å²) in [7, 11) is -2.47. The summed E-state index contributed by atoms with van der Waals surface area (Å²) >= 11 is 5.81. The van der Waals surface area contributed by atoms with E-state index in [9.17, 15) is 17.6 Å². The number of nitrogens with one attached hydrogen (secondary N) is 1. The molecular weight excluding hydrogens is 445 g/mol. The molecule has 168 valence electrons. The largest absolute Gasteiger partial charge is 0.379 e. The normalized spacial score (nSPS) is 16.3. The first-order valence-corrected chi connectivity index (χ1v) is 11.6. The van der Waals surface area contributed by atoms with Crippen LogP contribution in [0.3, 0.4) is 0 Å². The van der Waals surface area contributed by atoms with Crippen LogP contribution >= 0.6 is 11.6 Å². The van der Waals surface area contributed by atoms with Crippen LogP contribution in [0.2, 0.25) is 5.02 Å².